The van der Waals surface area contributed by atoms with Crippen LogP contribution in [0.25, 0.3) is 0 Å². The third kappa shape index (κ3) is 2.13. The zero-order chi connectivity index (χ0) is 11.1. The highest BCUT2D eigenvalue weighted by molar-refractivity contribution is 7.52. The van der Waals surface area contributed by atoms with E-state index >= 15 is 0 Å². The van der Waals surface area contributed by atoms with Crippen molar-refractivity contribution in [2.24, 2.45) is 0 Å². The predicted molar refractivity (Wildman–Crippen MR) is 63.8 cm³/mol. The Balaban J connectivity index is 2.12. The van der Waals surface area contributed by atoms with Crippen molar-refractivity contribution in [1.82, 2.24) is 0 Å². The number of hydrogen-bond donors (Lipinski definition) is 0. The molecule has 2 rings (SSSR count). The van der Waals surface area contributed by atoms with Gasteiger partial charge in [-0.15, -0.1) is 0 Å². The average molecular weight is 228 g/mol. The molecule has 0 radical (unpaired) electrons. The maximum Gasteiger partial charge on any atom is 0.201 e. The van der Waals surface area contributed by atoms with Crippen LogP contribution in [0.15, 0.2) is 11.4 Å². The van der Waals surface area contributed by atoms with E-state index in [9.17, 15) is 0 Å². The van der Waals surface area contributed by atoms with Crippen LogP contribution in [0.2, 0.25) is 0 Å². The van der Waals surface area contributed by atoms with Crippen LogP contribution >= 0.6 is 8.38 Å². The van der Waals surface area contributed by atoms with Crippen molar-refractivity contribution < 1.29 is 9.05 Å². The van der Waals surface area contributed by atoms with Crippen LogP contribution in [0.1, 0.15) is 53.4 Å². The molecule has 1 saturated heterocycles. The summed E-state index contributed by atoms with van der Waals surface area (Å²) in [6, 6.07) is 0. The lowest BCUT2D eigenvalue weighted by molar-refractivity contribution is 0.00578. The van der Waals surface area contributed by atoms with Crippen LogP contribution in [-0.2, 0) is 9.05 Å². The SMILES string of the molecule is CC1(C)OP(C2=CCCCC2)OC1(C)C. The van der Waals surface area contributed by atoms with E-state index in [2.05, 4.69) is 33.8 Å². The van der Waals surface area contributed by atoms with Gasteiger partial charge >= 0.3 is 0 Å². The largest absolute Gasteiger partial charge is 0.322 e. The molecular formula is C12H21O2P. The van der Waals surface area contributed by atoms with Gasteiger partial charge in [0.15, 0.2) is 0 Å². The third-order valence-electron chi connectivity index (χ3n) is 3.57. The number of rotatable bonds is 1. The molecule has 0 N–H and O–H groups in total. The van der Waals surface area contributed by atoms with Crippen LogP contribution < -0.4 is 0 Å². The molecule has 1 fully saturated rings. The molecule has 1 heterocycles. The molecule has 0 amide bonds. The average Bonchev–Trinajstić information content (AvgIpc) is 2.38. The fourth-order valence-electron chi connectivity index (χ4n) is 1.76. The zero-order valence-electron chi connectivity index (χ0n) is 10.2. The van der Waals surface area contributed by atoms with Gasteiger partial charge in [-0.1, -0.05) is 6.08 Å². The minimum absolute atomic E-state index is 0.170. The van der Waals surface area contributed by atoms with Crippen LogP contribution in [0.3, 0.4) is 0 Å². The summed E-state index contributed by atoms with van der Waals surface area (Å²) >= 11 is 0. The van der Waals surface area contributed by atoms with Crippen LogP contribution in [-0.4, -0.2) is 11.2 Å². The minimum atomic E-state index is -0.778. The summed E-state index contributed by atoms with van der Waals surface area (Å²) in [5.74, 6) is 0. The zero-order valence-corrected chi connectivity index (χ0v) is 11.1. The first-order valence-electron chi connectivity index (χ1n) is 5.80. The second-order valence-electron chi connectivity index (χ2n) is 5.40. The van der Waals surface area contributed by atoms with Crippen molar-refractivity contribution >= 4 is 8.38 Å². The van der Waals surface area contributed by atoms with Crippen molar-refractivity contribution in [2.45, 2.75) is 64.6 Å². The maximum absolute atomic E-state index is 6.08. The lowest BCUT2D eigenvalue weighted by Gasteiger charge is -2.29. The first kappa shape index (κ1) is 11.6. The smallest absolute Gasteiger partial charge is 0.201 e. The Morgan fingerprint density at radius 1 is 1.07 bits per heavy atom. The Hall–Kier alpha value is 0.0900. The molecular weight excluding hydrogens is 207 g/mol. The van der Waals surface area contributed by atoms with Crippen molar-refractivity contribution in [3.63, 3.8) is 0 Å². The molecule has 0 atom stereocenters. The first-order chi connectivity index (χ1) is 6.92. The molecule has 86 valence electrons. The van der Waals surface area contributed by atoms with Gasteiger partial charge in [-0.2, -0.15) is 0 Å². The molecule has 0 aromatic rings. The number of hydrogen-bond acceptors (Lipinski definition) is 2. The standard InChI is InChI=1S/C12H21O2P/c1-11(2)12(3,4)14-15(13-11)10-8-6-5-7-9-10/h8H,5-7,9H2,1-4H3. The van der Waals surface area contributed by atoms with Crippen molar-refractivity contribution in [2.75, 3.05) is 0 Å². The molecule has 2 nitrogen and oxygen atoms in total. The molecule has 0 saturated carbocycles. The Morgan fingerprint density at radius 3 is 2.13 bits per heavy atom. The Morgan fingerprint density at radius 2 is 1.67 bits per heavy atom. The lowest BCUT2D eigenvalue weighted by atomic mass is 9.90. The fourth-order valence-corrected chi connectivity index (χ4v) is 3.92. The molecule has 0 aromatic carbocycles. The summed E-state index contributed by atoms with van der Waals surface area (Å²) in [7, 11) is -0.778. The normalized spacial score (nSPS) is 30.3. The second kappa shape index (κ2) is 3.84. The van der Waals surface area contributed by atoms with Gasteiger partial charge in [-0.05, 0) is 53.4 Å². The van der Waals surface area contributed by atoms with Crippen LogP contribution in [0, 0.1) is 0 Å². The first-order valence-corrected chi connectivity index (χ1v) is 6.97. The summed E-state index contributed by atoms with van der Waals surface area (Å²) in [4.78, 5) is 0. The van der Waals surface area contributed by atoms with E-state index in [1.54, 1.807) is 0 Å². The van der Waals surface area contributed by atoms with Gasteiger partial charge in [0.05, 0.1) is 11.2 Å². The topological polar surface area (TPSA) is 18.5 Å². The fraction of sp³-hybridized carbons (Fsp3) is 0.833. The highest BCUT2D eigenvalue weighted by Gasteiger charge is 2.50. The quantitative estimate of drug-likeness (QED) is 0.621. The predicted octanol–water partition coefficient (Wildman–Crippen LogP) is 4.36. The third-order valence-corrected chi connectivity index (χ3v) is 5.69. The lowest BCUT2D eigenvalue weighted by Crippen LogP contribution is -2.41. The maximum atomic E-state index is 6.08. The Kier molecular flexibility index (Phi) is 2.96. The summed E-state index contributed by atoms with van der Waals surface area (Å²) < 4.78 is 12.2. The molecule has 3 heteroatoms. The van der Waals surface area contributed by atoms with Gasteiger partial charge < -0.3 is 9.05 Å². The van der Waals surface area contributed by atoms with E-state index in [1.165, 1.54) is 24.6 Å². The molecule has 15 heavy (non-hydrogen) atoms. The van der Waals surface area contributed by atoms with Crippen LogP contribution in [0.4, 0.5) is 0 Å². The molecule has 1 aliphatic heterocycles. The summed E-state index contributed by atoms with van der Waals surface area (Å²) in [6.45, 7) is 8.49. The molecule has 0 unspecified atom stereocenters. The van der Waals surface area contributed by atoms with Gasteiger partial charge in [0.2, 0.25) is 8.38 Å². The molecule has 0 spiro atoms. The second-order valence-corrected chi connectivity index (χ2v) is 6.86. The highest BCUT2D eigenvalue weighted by atomic mass is 31.2. The van der Waals surface area contributed by atoms with Gasteiger partial charge in [-0.3, -0.25) is 0 Å². The van der Waals surface area contributed by atoms with E-state index < -0.39 is 8.38 Å². The highest BCUT2D eigenvalue weighted by Crippen LogP contribution is 2.63. The van der Waals surface area contributed by atoms with E-state index in [1.807, 2.05) is 0 Å². The Bertz CT molecular complexity index is 265. The Labute approximate surface area is 94.0 Å². The van der Waals surface area contributed by atoms with E-state index in [4.69, 9.17) is 9.05 Å². The van der Waals surface area contributed by atoms with E-state index in [0.29, 0.717) is 0 Å². The van der Waals surface area contributed by atoms with Gasteiger partial charge in [0, 0.05) is 5.31 Å². The summed E-state index contributed by atoms with van der Waals surface area (Å²) in [5.41, 5.74) is -0.339. The monoisotopic (exact) mass is 228 g/mol. The van der Waals surface area contributed by atoms with Gasteiger partial charge in [-0.25, -0.2) is 0 Å². The van der Waals surface area contributed by atoms with Crippen molar-refractivity contribution in [1.29, 1.82) is 0 Å². The van der Waals surface area contributed by atoms with Crippen molar-refractivity contribution in [3.8, 4) is 0 Å². The van der Waals surface area contributed by atoms with E-state index in [0.717, 1.165) is 6.42 Å². The summed E-state index contributed by atoms with van der Waals surface area (Å²) in [5, 5.41) is 1.41. The van der Waals surface area contributed by atoms with Gasteiger partial charge in [0.25, 0.3) is 0 Å². The molecule has 0 bridgehead atoms. The summed E-state index contributed by atoms with van der Waals surface area (Å²) in [6.07, 6.45) is 7.30. The van der Waals surface area contributed by atoms with Crippen molar-refractivity contribution in [3.05, 3.63) is 11.4 Å². The molecule has 0 aromatic heterocycles. The number of allylic oxidation sites excluding steroid dienone is 2. The minimum Gasteiger partial charge on any atom is -0.322 e. The molecule has 2 aliphatic rings. The van der Waals surface area contributed by atoms with Gasteiger partial charge in [0.1, 0.15) is 0 Å². The van der Waals surface area contributed by atoms with Crippen LogP contribution in [0.5, 0.6) is 0 Å². The molecule has 1 aliphatic carbocycles. The van der Waals surface area contributed by atoms with E-state index in [-0.39, 0.29) is 11.2 Å².